The van der Waals surface area contributed by atoms with Gasteiger partial charge in [0.25, 0.3) is 5.91 Å². The van der Waals surface area contributed by atoms with Gasteiger partial charge in [0.2, 0.25) is 0 Å². The molecule has 18 heavy (non-hydrogen) atoms. The summed E-state index contributed by atoms with van der Waals surface area (Å²) in [5.74, 6) is -1.25. The number of aromatic nitrogens is 1. The number of carboxylic acid groups (broad SMARTS) is 1. The SMILES string of the molecule is NC1CCCN(C(=O)c2ccc(C(=O)O)cn2)C1. The van der Waals surface area contributed by atoms with Crippen molar-refractivity contribution in [1.29, 1.82) is 0 Å². The molecule has 96 valence electrons. The Morgan fingerprint density at radius 2 is 2.22 bits per heavy atom. The van der Waals surface area contributed by atoms with Gasteiger partial charge in [0, 0.05) is 25.3 Å². The smallest absolute Gasteiger partial charge is 0.337 e. The Morgan fingerprint density at radius 1 is 1.44 bits per heavy atom. The van der Waals surface area contributed by atoms with Crippen LogP contribution in [-0.2, 0) is 0 Å². The van der Waals surface area contributed by atoms with Crippen LogP contribution in [0.15, 0.2) is 18.3 Å². The zero-order chi connectivity index (χ0) is 13.1. The lowest BCUT2D eigenvalue weighted by atomic mass is 10.1. The van der Waals surface area contributed by atoms with E-state index in [-0.39, 0.29) is 23.2 Å². The molecular formula is C12H15N3O3. The fourth-order valence-corrected chi connectivity index (χ4v) is 2.00. The Hall–Kier alpha value is -1.95. The molecule has 0 spiro atoms. The predicted molar refractivity (Wildman–Crippen MR) is 64.3 cm³/mol. The predicted octanol–water partition coefficient (Wildman–Crippen LogP) is 0.343. The molecule has 6 heteroatoms. The van der Waals surface area contributed by atoms with E-state index in [0.29, 0.717) is 13.1 Å². The molecule has 0 aromatic carbocycles. The molecule has 0 radical (unpaired) electrons. The van der Waals surface area contributed by atoms with Crippen molar-refractivity contribution in [3.05, 3.63) is 29.6 Å². The van der Waals surface area contributed by atoms with Crippen molar-refractivity contribution in [3.63, 3.8) is 0 Å². The maximum atomic E-state index is 12.1. The van der Waals surface area contributed by atoms with E-state index in [0.717, 1.165) is 12.8 Å². The molecule has 1 aromatic heterocycles. The Morgan fingerprint density at radius 3 is 2.78 bits per heavy atom. The van der Waals surface area contributed by atoms with Gasteiger partial charge in [-0.15, -0.1) is 0 Å². The molecule has 1 unspecified atom stereocenters. The molecule has 1 aromatic rings. The summed E-state index contributed by atoms with van der Waals surface area (Å²) in [4.78, 5) is 28.3. The number of carbonyl (C=O) groups excluding carboxylic acids is 1. The number of nitrogens with two attached hydrogens (primary N) is 1. The van der Waals surface area contributed by atoms with E-state index in [1.807, 2.05) is 0 Å². The molecule has 1 amide bonds. The van der Waals surface area contributed by atoms with Crippen LogP contribution in [0, 0.1) is 0 Å². The van der Waals surface area contributed by atoms with Crippen LogP contribution in [0.25, 0.3) is 0 Å². The Balaban J connectivity index is 2.10. The second-order valence-corrected chi connectivity index (χ2v) is 4.39. The van der Waals surface area contributed by atoms with Crippen LogP contribution >= 0.6 is 0 Å². The number of aromatic carboxylic acids is 1. The second-order valence-electron chi connectivity index (χ2n) is 4.39. The number of carbonyl (C=O) groups is 2. The van der Waals surface area contributed by atoms with Crippen molar-refractivity contribution < 1.29 is 14.7 Å². The summed E-state index contributed by atoms with van der Waals surface area (Å²) in [6, 6.07) is 2.83. The Labute approximate surface area is 104 Å². The monoisotopic (exact) mass is 249 g/mol. The van der Waals surface area contributed by atoms with Crippen LogP contribution < -0.4 is 5.73 Å². The summed E-state index contributed by atoms with van der Waals surface area (Å²) in [6.07, 6.45) is 3.01. The highest BCUT2D eigenvalue weighted by molar-refractivity contribution is 5.93. The number of amides is 1. The minimum Gasteiger partial charge on any atom is -0.478 e. The minimum absolute atomic E-state index is 0.0148. The van der Waals surface area contributed by atoms with E-state index >= 15 is 0 Å². The quantitative estimate of drug-likeness (QED) is 0.788. The van der Waals surface area contributed by atoms with Crippen molar-refractivity contribution in [1.82, 2.24) is 9.88 Å². The largest absolute Gasteiger partial charge is 0.478 e. The van der Waals surface area contributed by atoms with Crippen LogP contribution in [0.5, 0.6) is 0 Å². The number of likely N-dealkylation sites (tertiary alicyclic amines) is 1. The van der Waals surface area contributed by atoms with Gasteiger partial charge in [-0.25, -0.2) is 4.79 Å². The highest BCUT2D eigenvalue weighted by Gasteiger charge is 2.23. The van der Waals surface area contributed by atoms with Gasteiger partial charge < -0.3 is 15.7 Å². The summed E-state index contributed by atoms with van der Waals surface area (Å²) in [7, 11) is 0. The van der Waals surface area contributed by atoms with E-state index < -0.39 is 5.97 Å². The summed E-state index contributed by atoms with van der Waals surface area (Å²) < 4.78 is 0. The average molecular weight is 249 g/mol. The lowest BCUT2D eigenvalue weighted by Crippen LogP contribution is -2.45. The van der Waals surface area contributed by atoms with Gasteiger partial charge in [-0.3, -0.25) is 9.78 Å². The molecule has 1 atom stereocenters. The molecular weight excluding hydrogens is 234 g/mol. The Kier molecular flexibility index (Phi) is 3.57. The number of nitrogens with zero attached hydrogens (tertiary/aromatic N) is 2. The van der Waals surface area contributed by atoms with Crippen LogP contribution in [0.1, 0.15) is 33.7 Å². The normalized spacial score (nSPS) is 19.6. The summed E-state index contributed by atoms with van der Waals surface area (Å²) in [5.41, 5.74) is 6.14. The first-order chi connectivity index (χ1) is 8.58. The standard InChI is InChI=1S/C12H15N3O3/c13-9-2-1-5-15(7-9)11(16)10-4-3-8(6-14-10)12(17)18/h3-4,6,9H,1-2,5,7,13H2,(H,17,18). The van der Waals surface area contributed by atoms with Crippen molar-refractivity contribution >= 4 is 11.9 Å². The number of hydrogen-bond acceptors (Lipinski definition) is 4. The van der Waals surface area contributed by atoms with Gasteiger partial charge in [0.1, 0.15) is 5.69 Å². The minimum atomic E-state index is -1.05. The van der Waals surface area contributed by atoms with Gasteiger partial charge in [-0.2, -0.15) is 0 Å². The summed E-state index contributed by atoms with van der Waals surface area (Å²) in [6.45, 7) is 1.20. The molecule has 1 saturated heterocycles. The third kappa shape index (κ3) is 2.65. The molecule has 6 nitrogen and oxygen atoms in total. The van der Waals surface area contributed by atoms with Crippen LogP contribution in [-0.4, -0.2) is 46.0 Å². The third-order valence-electron chi connectivity index (χ3n) is 2.97. The molecule has 0 bridgehead atoms. The molecule has 1 aliphatic rings. The second kappa shape index (κ2) is 5.14. The van der Waals surface area contributed by atoms with Gasteiger partial charge in [-0.05, 0) is 25.0 Å². The van der Waals surface area contributed by atoms with E-state index in [4.69, 9.17) is 10.8 Å². The number of rotatable bonds is 2. The lowest BCUT2D eigenvalue weighted by Gasteiger charge is -2.30. The lowest BCUT2D eigenvalue weighted by molar-refractivity contribution is 0.0684. The van der Waals surface area contributed by atoms with Crippen LogP contribution in [0.3, 0.4) is 0 Å². The Bertz CT molecular complexity index is 458. The maximum Gasteiger partial charge on any atom is 0.337 e. The molecule has 2 rings (SSSR count). The fourth-order valence-electron chi connectivity index (χ4n) is 2.00. The van der Waals surface area contributed by atoms with E-state index in [2.05, 4.69) is 4.98 Å². The van der Waals surface area contributed by atoms with E-state index in [1.165, 1.54) is 18.3 Å². The molecule has 0 aliphatic carbocycles. The first-order valence-electron chi connectivity index (χ1n) is 5.82. The molecule has 1 fully saturated rings. The van der Waals surface area contributed by atoms with Gasteiger partial charge in [0.15, 0.2) is 0 Å². The average Bonchev–Trinajstić information content (AvgIpc) is 2.38. The zero-order valence-corrected chi connectivity index (χ0v) is 9.87. The van der Waals surface area contributed by atoms with Crippen molar-refractivity contribution in [3.8, 4) is 0 Å². The van der Waals surface area contributed by atoms with E-state index in [9.17, 15) is 9.59 Å². The highest BCUT2D eigenvalue weighted by Crippen LogP contribution is 2.12. The first-order valence-corrected chi connectivity index (χ1v) is 5.82. The van der Waals surface area contributed by atoms with Crippen LogP contribution in [0.4, 0.5) is 0 Å². The van der Waals surface area contributed by atoms with E-state index in [1.54, 1.807) is 4.90 Å². The highest BCUT2D eigenvalue weighted by atomic mass is 16.4. The number of piperidine rings is 1. The zero-order valence-electron chi connectivity index (χ0n) is 9.87. The molecule has 3 N–H and O–H groups in total. The molecule has 2 heterocycles. The van der Waals surface area contributed by atoms with Crippen LogP contribution in [0.2, 0.25) is 0 Å². The summed E-state index contributed by atoms with van der Waals surface area (Å²) in [5, 5.41) is 8.75. The van der Waals surface area contributed by atoms with Crippen molar-refractivity contribution in [2.75, 3.05) is 13.1 Å². The number of hydrogen-bond donors (Lipinski definition) is 2. The van der Waals surface area contributed by atoms with Crippen molar-refractivity contribution in [2.24, 2.45) is 5.73 Å². The van der Waals surface area contributed by atoms with Gasteiger partial charge in [-0.1, -0.05) is 0 Å². The molecule has 0 saturated carbocycles. The number of carboxylic acids is 1. The van der Waals surface area contributed by atoms with Gasteiger partial charge >= 0.3 is 5.97 Å². The maximum absolute atomic E-state index is 12.1. The third-order valence-corrected chi connectivity index (χ3v) is 2.97. The first kappa shape index (κ1) is 12.5. The number of pyridine rings is 1. The fraction of sp³-hybridized carbons (Fsp3) is 0.417. The van der Waals surface area contributed by atoms with Gasteiger partial charge in [0.05, 0.1) is 5.56 Å². The van der Waals surface area contributed by atoms with Crippen molar-refractivity contribution in [2.45, 2.75) is 18.9 Å². The summed E-state index contributed by atoms with van der Waals surface area (Å²) >= 11 is 0. The topological polar surface area (TPSA) is 96.5 Å². The molecule has 1 aliphatic heterocycles.